The zero-order chi connectivity index (χ0) is 12.1. The summed E-state index contributed by atoms with van der Waals surface area (Å²) in [7, 11) is 0. The molecule has 0 radical (unpaired) electrons. The Morgan fingerprint density at radius 3 is 2.94 bits per heavy atom. The lowest BCUT2D eigenvalue weighted by atomic mass is 10.3. The van der Waals surface area contributed by atoms with Gasteiger partial charge in [0, 0.05) is 6.20 Å². The van der Waals surface area contributed by atoms with E-state index in [0.717, 1.165) is 0 Å². The number of pyridine rings is 1. The molecule has 86 valence electrons. The lowest BCUT2D eigenvalue weighted by Gasteiger charge is -2.03. The van der Waals surface area contributed by atoms with Crippen molar-refractivity contribution in [1.82, 2.24) is 20.3 Å². The maximum absolute atomic E-state index is 12.8. The minimum absolute atomic E-state index is 0.0408. The van der Waals surface area contributed by atoms with Crippen molar-refractivity contribution >= 4 is 5.91 Å². The summed E-state index contributed by atoms with van der Waals surface area (Å²) in [4.78, 5) is 22.8. The number of carbonyl (C=O) groups is 1. The predicted octanol–water partition coefficient (Wildman–Crippen LogP) is 0.941. The lowest BCUT2D eigenvalue weighted by molar-refractivity contribution is 0.0944. The Labute approximate surface area is 96.8 Å². The Kier molecular flexibility index (Phi) is 3.34. The van der Waals surface area contributed by atoms with Gasteiger partial charge in [-0.15, -0.1) is 0 Å². The van der Waals surface area contributed by atoms with Crippen molar-refractivity contribution in [3.05, 3.63) is 54.1 Å². The summed E-state index contributed by atoms with van der Waals surface area (Å²) < 4.78 is 12.8. The van der Waals surface area contributed by atoms with Crippen LogP contribution in [0.2, 0.25) is 0 Å². The first kappa shape index (κ1) is 11.1. The smallest absolute Gasteiger partial charge is 0.270 e. The van der Waals surface area contributed by atoms with Gasteiger partial charge < -0.3 is 5.32 Å². The number of aromatic nitrogens is 3. The molecule has 0 aromatic carbocycles. The topological polar surface area (TPSA) is 67.8 Å². The first-order valence-corrected chi connectivity index (χ1v) is 4.91. The summed E-state index contributed by atoms with van der Waals surface area (Å²) in [6.45, 7) is 0.250. The van der Waals surface area contributed by atoms with Crippen LogP contribution in [0, 0.1) is 5.95 Å². The van der Waals surface area contributed by atoms with Crippen LogP contribution in [0.15, 0.2) is 36.8 Å². The molecular formula is C11H9FN4O. The van der Waals surface area contributed by atoms with Gasteiger partial charge in [0.15, 0.2) is 0 Å². The van der Waals surface area contributed by atoms with Crippen molar-refractivity contribution < 1.29 is 9.18 Å². The van der Waals surface area contributed by atoms with Gasteiger partial charge in [-0.25, -0.2) is 15.0 Å². The average Bonchev–Trinajstić information content (AvgIpc) is 2.37. The van der Waals surface area contributed by atoms with E-state index < -0.39 is 11.9 Å². The van der Waals surface area contributed by atoms with Crippen LogP contribution in [0.1, 0.15) is 16.2 Å². The highest BCUT2D eigenvalue weighted by Gasteiger charge is 2.07. The SMILES string of the molecule is O=C(NCc1ccncn1)c1cccc(F)n1. The number of nitrogens with zero attached hydrogens (tertiary/aromatic N) is 3. The Morgan fingerprint density at radius 2 is 2.24 bits per heavy atom. The standard InChI is InChI=1S/C11H9FN4O/c12-10-3-1-2-9(16-10)11(17)14-6-8-4-5-13-7-15-8/h1-5,7H,6H2,(H,14,17). The van der Waals surface area contributed by atoms with Gasteiger partial charge in [-0.2, -0.15) is 4.39 Å². The van der Waals surface area contributed by atoms with Crippen LogP contribution in [0.5, 0.6) is 0 Å². The molecule has 2 aromatic heterocycles. The number of nitrogens with one attached hydrogen (secondary N) is 1. The van der Waals surface area contributed by atoms with Crippen LogP contribution in [-0.2, 0) is 6.54 Å². The summed E-state index contributed by atoms with van der Waals surface area (Å²) in [5, 5.41) is 2.58. The molecule has 2 heterocycles. The van der Waals surface area contributed by atoms with E-state index in [0.29, 0.717) is 5.69 Å². The molecule has 2 rings (SSSR count). The van der Waals surface area contributed by atoms with Crippen LogP contribution in [-0.4, -0.2) is 20.9 Å². The van der Waals surface area contributed by atoms with Gasteiger partial charge >= 0.3 is 0 Å². The molecule has 0 aliphatic heterocycles. The van der Waals surface area contributed by atoms with Gasteiger partial charge in [-0.05, 0) is 18.2 Å². The predicted molar refractivity (Wildman–Crippen MR) is 57.4 cm³/mol. The van der Waals surface area contributed by atoms with E-state index in [1.165, 1.54) is 24.5 Å². The van der Waals surface area contributed by atoms with Gasteiger partial charge in [0.2, 0.25) is 5.95 Å². The molecule has 5 nitrogen and oxygen atoms in total. The second-order valence-electron chi connectivity index (χ2n) is 3.23. The summed E-state index contributed by atoms with van der Waals surface area (Å²) in [5.74, 6) is -1.12. The monoisotopic (exact) mass is 232 g/mol. The van der Waals surface area contributed by atoms with Crippen molar-refractivity contribution in [2.24, 2.45) is 0 Å². The fraction of sp³-hybridized carbons (Fsp3) is 0.0909. The first-order valence-electron chi connectivity index (χ1n) is 4.91. The molecule has 0 fully saturated rings. The molecule has 6 heteroatoms. The minimum atomic E-state index is -0.681. The summed E-state index contributed by atoms with van der Waals surface area (Å²) in [6, 6.07) is 5.74. The molecule has 0 aliphatic carbocycles. The summed E-state index contributed by atoms with van der Waals surface area (Å²) in [6.07, 6.45) is 2.97. The van der Waals surface area contributed by atoms with E-state index in [1.807, 2.05) is 0 Å². The molecule has 0 saturated carbocycles. The maximum atomic E-state index is 12.8. The van der Waals surface area contributed by atoms with Crippen molar-refractivity contribution in [1.29, 1.82) is 0 Å². The van der Waals surface area contributed by atoms with Crippen molar-refractivity contribution in [3.63, 3.8) is 0 Å². The van der Waals surface area contributed by atoms with Crippen LogP contribution in [0.3, 0.4) is 0 Å². The molecule has 0 aliphatic rings. The molecule has 17 heavy (non-hydrogen) atoms. The Balaban J connectivity index is 1.98. The lowest BCUT2D eigenvalue weighted by Crippen LogP contribution is -2.24. The molecule has 0 bridgehead atoms. The van der Waals surface area contributed by atoms with Crippen LogP contribution in [0.25, 0.3) is 0 Å². The van der Waals surface area contributed by atoms with Gasteiger partial charge in [0.25, 0.3) is 5.91 Å². The molecular weight excluding hydrogens is 223 g/mol. The average molecular weight is 232 g/mol. The van der Waals surface area contributed by atoms with Gasteiger partial charge in [0.1, 0.15) is 12.0 Å². The maximum Gasteiger partial charge on any atom is 0.270 e. The van der Waals surface area contributed by atoms with E-state index in [2.05, 4.69) is 20.3 Å². The van der Waals surface area contributed by atoms with Gasteiger partial charge in [-0.3, -0.25) is 4.79 Å². The second kappa shape index (κ2) is 5.11. The molecule has 1 N–H and O–H groups in total. The Bertz CT molecular complexity index is 518. The highest BCUT2D eigenvalue weighted by atomic mass is 19.1. The first-order chi connectivity index (χ1) is 8.25. The molecule has 1 amide bonds. The van der Waals surface area contributed by atoms with Gasteiger partial charge in [0.05, 0.1) is 12.2 Å². The third-order valence-corrected chi connectivity index (χ3v) is 2.02. The van der Waals surface area contributed by atoms with Crippen molar-refractivity contribution in [3.8, 4) is 0 Å². The Hall–Kier alpha value is -2.37. The van der Waals surface area contributed by atoms with E-state index in [4.69, 9.17) is 0 Å². The van der Waals surface area contributed by atoms with Gasteiger partial charge in [-0.1, -0.05) is 6.07 Å². The van der Waals surface area contributed by atoms with E-state index in [-0.39, 0.29) is 12.2 Å². The number of amides is 1. The highest BCUT2D eigenvalue weighted by molar-refractivity contribution is 5.92. The number of halogens is 1. The molecule has 0 unspecified atom stereocenters. The highest BCUT2D eigenvalue weighted by Crippen LogP contribution is 1.98. The third-order valence-electron chi connectivity index (χ3n) is 2.02. The van der Waals surface area contributed by atoms with E-state index in [1.54, 1.807) is 12.3 Å². The van der Waals surface area contributed by atoms with E-state index in [9.17, 15) is 9.18 Å². The summed E-state index contributed by atoms with van der Waals surface area (Å²) in [5.41, 5.74) is 0.712. The Morgan fingerprint density at radius 1 is 1.35 bits per heavy atom. The van der Waals surface area contributed by atoms with E-state index >= 15 is 0 Å². The zero-order valence-corrected chi connectivity index (χ0v) is 8.80. The fourth-order valence-corrected chi connectivity index (χ4v) is 1.22. The zero-order valence-electron chi connectivity index (χ0n) is 8.80. The third kappa shape index (κ3) is 3.04. The quantitative estimate of drug-likeness (QED) is 0.800. The molecule has 0 saturated heterocycles. The number of hydrogen-bond acceptors (Lipinski definition) is 4. The normalized spacial score (nSPS) is 9.94. The number of rotatable bonds is 3. The summed E-state index contributed by atoms with van der Waals surface area (Å²) >= 11 is 0. The number of hydrogen-bond donors (Lipinski definition) is 1. The number of carbonyl (C=O) groups excluding carboxylic acids is 1. The largest absolute Gasteiger partial charge is 0.345 e. The second-order valence-corrected chi connectivity index (χ2v) is 3.23. The van der Waals surface area contributed by atoms with Crippen LogP contribution in [0.4, 0.5) is 4.39 Å². The minimum Gasteiger partial charge on any atom is -0.345 e. The molecule has 0 spiro atoms. The van der Waals surface area contributed by atoms with Crippen molar-refractivity contribution in [2.75, 3.05) is 0 Å². The fourth-order valence-electron chi connectivity index (χ4n) is 1.22. The molecule has 0 atom stereocenters. The molecule has 2 aromatic rings. The van der Waals surface area contributed by atoms with Crippen LogP contribution < -0.4 is 5.32 Å². The van der Waals surface area contributed by atoms with Crippen LogP contribution >= 0.6 is 0 Å². The van der Waals surface area contributed by atoms with Crippen molar-refractivity contribution in [2.45, 2.75) is 6.54 Å².